The van der Waals surface area contributed by atoms with E-state index >= 15 is 0 Å². The predicted octanol–water partition coefficient (Wildman–Crippen LogP) is 1.37. The van der Waals surface area contributed by atoms with Crippen molar-refractivity contribution in [2.75, 3.05) is 5.32 Å². The Morgan fingerprint density at radius 1 is 1.39 bits per heavy atom. The Kier molecular flexibility index (Phi) is 3.43. The molecule has 2 aromatic rings. The van der Waals surface area contributed by atoms with Crippen molar-refractivity contribution in [2.45, 2.75) is 13.0 Å². The van der Waals surface area contributed by atoms with Crippen molar-refractivity contribution in [3.8, 4) is 0 Å². The van der Waals surface area contributed by atoms with Crippen LogP contribution in [0.1, 0.15) is 17.2 Å². The molecule has 5 heteroatoms. The number of nitrogens with one attached hydrogen (secondary N) is 1. The zero-order chi connectivity index (χ0) is 13.1. The summed E-state index contributed by atoms with van der Waals surface area (Å²) in [5.74, 6) is -0.244. The number of nitrogens with two attached hydrogens (primary N) is 1. The molecule has 94 valence electrons. The average molecular weight is 244 g/mol. The van der Waals surface area contributed by atoms with Gasteiger partial charge >= 0.3 is 0 Å². The van der Waals surface area contributed by atoms with Crippen LogP contribution in [0.3, 0.4) is 0 Å². The first kappa shape index (κ1) is 12.3. The highest BCUT2D eigenvalue weighted by atomic mass is 16.2. The van der Waals surface area contributed by atoms with E-state index in [2.05, 4.69) is 10.4 Å². The lowest BCUT2D eigenvalue weighted by atomic mass is 10.1. The van der Waals surface area contributed by atoms with E-state index in [0.717, 1.165) is 11.3 Å². The van der Waals surface area contributed by atoms with Gasteiger partial charge in [0.25, 0.3) is 0 Å². The summed E-state index contributed by atoms with van der Waals surface area (Å²) in [6.07, 6.45) is 3.33. The second-order valence-corrected chi connectivity index (χ2v) is 4.28. The van der Waals surface area contributed by atoms with Gasteiger partial charge in [-0.1, -0.05) is 17.7 Å². The summed E-state index contributed by atoms with van der Waals surface area (Å²) >= 11 is 0. The molecule has 1 aromatic carbocycles. The fourth-order valence-electron chi connectivity index (χ4n) is 1.61. The van der Waals surface area contributed by atoms with Crippen LogP contribution in [0.4, 0.5) is 5.69 Å². The quantitative estimate of drug-likeness (QED) is 0.856. The van der Waals surface area contributed by atoms with Gasteiger partial charge in [0.15, 0.2) is 0 Å². The molecule has 0 aliphatic carbocycles. The van der Waals surface area contributed by atoms with Gasteiger partial charge in [-0.25, -0.2) is 0 Å². The first-order chi connectivity index (χ1) is 8.56. The fourth-order valence-corrected chi connectivity index (χ4v) is 1.61. The molecule has 1 amide bonds. The van der Waals surface area contributed by atoms with Crippen molar-refractivity contribution in [1.29, 1.82) is 0 Å². The Hall–Kier alpha value is -2.14. The molecule has 2 rings (SSSR count). The number of carbonyl (C=O) groups excluding carboxylic acids is 1. The van der Waals surface area contributed by atoms with Crippen LogP contribution in [0.15, 0.2) is 36.7 Å². The van der Waals surface area contributed by atoms with Crippen LogP contribution < -0.4 is 11.1 Å². The maximum atomic E-state index is 11.9. The van der Waals surface area contributed by atoms with Crippen molar-refractivity contribution < 1.29 is 4.79 Å². The van der Waals surface area contributed by atoms with Gasteiger partial charge in [0.2, 0.25) is 5.91 Å². The number of aryl methyl sites for hydroxylation is 2. The minimum atomic E-state index is -0.708. The Morgan fingerprint density at radius 2 is 2.06 bits per heavy atom. The highest BCUT2D eigenvalue weighted by Gasteiger charge is 2.17. The van der Waals surface area contributed by atoms with E-state index in [4.69, 9.17) is 5.73 Å². The fraction of sp³-hybridized carbons (Fsp3) is 0.231. The minimum Gasteiger partial charge on any atom is -0.324 e. The number of carbonyl (C=O) groups is 1. The second-order valence-electron chi connectivity index (χ2n) is 4.28. The van der Waals surface area contributed by atoms with Gasteiger partial charge in [-0.3, -0.25) is 9.48 Å². The predicted molar refractivity (Wildman–Crippen MR) is 69.9 cm³/mol. The number of anilines is 1. The van der Waals surface area contributed by atoms with E-state index in [1.165, 1.54) is 0 Å². The highest BCUT2D eigenvalue weighted by molar-refractivity contribution is 5.95. The zero-order valence-corrected chi connectivity index (χ0v) is 10.4. The largest absolute Gasteiger partial charge is 0.324 e. The molecule has 0 spiro atoms. The molecule has 1 aromatic heterocycles. The van der Waals surface area contributed by atoms with Crippen LogP contribution in [-0.4, -0.2) is 15.7 Å². The minimum absolute atomic E-state index is 0.244. The van der Waals surface area contributed by atoms with Crippen molar-refractivity contribution in [1.82, 2.24) is 9.78 Å². The second kappa shape index (κ2) is 5.01. The highest BCUT2D eigenvalue weighted by Crippen LogP contribution is 2.13. The van der Waals surface area contributed by atoms with Gasteiger partial charge in [-0.2, -0.15) is 5.10 Å². The summed E-state index contributed by atoms with van der Waals surface area (Å²) in [5, 5.41) is 6.77. The van der Waals surface area contributed by atoms with E-state index in [9.17, 15) is 4.79 Å². The number of rotatable bonds is 3. The van der Waals surface area contributed by atoms with Crippen LogP contribution >= 0.6 is 0 Å². The lowest BCUT2D eigenvalue weighted by Crippen LogP contribution is -2.27. The van der Waals surface area contributed by atoms with E-state index < -0.39 is 6.04 Å². The third-order valence-corrected chi connectivity index (χ3v) is 2.69. The monoisotopic (exact) mass is 244 g/mol. The number of hydrogen-bond donors (Lipinski definition) is 2. The maximum Gasteiger partial charge on any atom is 0.246 e. The normalized spacial score (nSPS) is 12.2. The smallest absolute Gasteiger partial charge is 0.246 e. The topological polar surface area (TPSA) is 72.9 Å². The standard InChI is InChI=1S/C13H16N4O/c1-9-3-5-11(6-4-9)16-13(18)12(14)10-7-15-17(2)8-10/h3-8,12H,14H2,1-2H3,(H,16,18). The van der Waals surface area contributed by atoms with Gasteiger partial charge in [0, 0.05) is 24.5 Å². The summed E-state index contributed by atoms with van der Waals surface area (Å²) in [7, 11) is 1.79. The summed E-state index contributed by atoms with van der Waals surface area (Å²) in [6, 6.07) is 6.86. The molecule has 1 heterocycles. The van der Waals surface area contributed by atoms with Gasteiger partial charge in [0.05, 0.1) is 6.20 Å². The van der Waals surface area contributed by atoms with Gasteiger partial charge in [-0.05, 0) is 19.1 Å². The van der Waals surface area contributed by atoms with Crippen molar-refractivity contribution in [3.05, 3.63) is 47.8 Å². The van der Waals surface area contributed by atoms with Crippen LogP contribution in [0.2, 0.25) is 0 Å². The molecule has 5 nitrogen and oxygen atoms in total. The van der Waals surface area contributed by atoms with Crippen LogP contribution in [0.5, 0.6) is 0 Å². The number of nitrogens with zero attached hydrogens (tertiary/aromatic N) is 2. The van der Waals surface area contributed by atoms with Crippen molar-refractivity contribution in [3.63, 3.8) is 0 Å². The molecule has 18 heavy (non-hydrogen) atoms. The van der Waals surface area contributed by atoms with Gasteiger partial charge in [-0.15, -0.1) is 0 Å². The van der Waals surface area contributed by atoms with Crippen LogP contribution in [0.25, 0.3) is 0 Å². The molecule has 0 fully saturated rings. The molecule has 0 radical (unpaired) electrons. The lowest BCUT2D eigenvalue weighted by molar-refractivity contribution is -0.117. The molecule has 0 aliphatic rings. The van der Waals surface area contributed by atoms with E-state index in [1.807, 2.05) is 31.2 Å². The Morgan fingerprint density at radius 3 is 2.61 bits per heavy atom. The third kappa shape index (κ3) is 2.75. The number of benzene rings is 1. The molecule has 1 atom stereocenters. The maximum absolute atomic E-state index is 11.9. The third-order valence-electron chi connectivity index (χ3n) is 2.69. The SMILES string of the molecule is Cc1ccc(NC(=O)C(N)c2cnn(C)c2)cc1. The molecule has 0 bridgehead atoms. The van der Waals surface area contributed by atoms with Crippen LogP contribution in [-0.2, 0) is 11.8 Å². The Bertz CT molecular complexity index is 544. The molecular weight excluding hydrogens is 228 g/mol. The first-order valence-corrected chi connectivity index (χ1v) is 5.68. The lowest BCUT2D eigenvalue weighted by Gasteiger charge is -2.10. The first-order valence-electron chi connectivity index (χ1n) is 5.68. The Balaban J connectivity index is 2.05. The average Bonchev–Trinajstić information content (AvgIpc) is 2.78. The molecule has 0 aliphatic heterocycles. The summed E-state index contributed by atoms with van der Waals surface area (Å²) in [4.78, 5) is 11.9. The zero-order valence-electron chi connectivity index (χ0n) is 10.4. The molecule has 1 unspecified atom stereocenters. The van der Waals surface area contributed by atoms with E-state index in [1.54, 1.807) is 24.1 Å². The van der Waals surface area contributed by atoms with E-state index in [0.29, 0.717) is 5.56 Å². The van der Waals surface area contributed by atoms with E-state index in [-0.39, 0.29) is 5.91 Å². The van der Waals surface area contributed by atoms with Crippen molar-refractivity contribution >= 4 is 11.6 Å². The summed E-state index contributed by atoms with van der Waals surface area (Å²) in [5.41, 5.74) is 8.44. The number of hydrogen-bond acceptors (Lipinski definition) is 3. The number of aromatic nitrogens is 2. The number of amides is 1. The van der Waals surface area contributed by atoms with Gasteiger partial charge in [0.1, 0.15) is 6.04 Å². The summed E-state index contributed by atoms with van der Waals surface area (Å²) in [6.45, 7) is 1.99. The van der Waals surface area contributed by atoms with Gasteiger partial charge < -0.3 is 11.1 Å². The molecule has 0 saturated heterocycles. The molecule has 3 N–H and O–H groups in total. The Labute approximate surface area is 106 Å². The van der Waals surface area contributed by atoms with Crippen LogP contribution in [0, 0.1) is 6.92 Å². The summed E-state index contributed by atoms with van der Waals surface area (Å²) < 4.78 is 1.62. The molecule has 0 saturated carbocycles. The van der Waals surface area contributed by atoms with Crippen molar-refractivity contribution in [2.24, 2.45) is 12.8 Å². The molecular formula is C13H16N4O.